The molecule has 0 bridgehead atoms. The molecule has 1 aliphatic rings. The van der Waals surface area contributed by atoms with Gasteiger partial charge in [-0.2, -0.15) is 0 Å². The van der Waals surface area contributed by atoms with E-state index >= 15 is 0 Å². The topological polar surface area (TPSA) is 67.2 Å². The van der Waals surface area contributed by atoms with Gasteiger partial charge in [0.1, 0.15) is 11.6 Å². The second kappa shape index (κ2) is 6.66. The maximum atomic E-state index is 13.7. The molecule has 6 nitrogen and oxygen atoms in total. The maximum absolute atomic E-state index is 13.7. The number of nitrogens with zero attached hydrogens (tertiary/aromatic N) is 3. The van der Waals surface area contributed by atoms with Crippen LogP contribution >= 0.6 is 0 Å². The van der Waals surface area contributed by atoms with Crippen molar-refractivity contribution in [1.82, 2.24) is 14.5 Å². The van der Waals surface area contributed by atoms with Gasteiger partial charge < -0.3 is 14.8 Å². The van der Waals surface area contributed by atoms with E-state index in [1.165, 1.54) is 12.1 Å². The molecule has 1 N–H and O–H groups in total. The molecule has 3 rings (SSSR count). The van der Waals surface area contributed by atoms with Gasteiger partial charge in [-0.1, -0.05) is 0 Å². The van der Waals surface area contributed by atoms with Crippen molar-refractivity contribution in [3.05, 3.63) is 42.2 Å². The lowest BCUT2D eigenvalue weighted by Crippen LogP contribution is -2.33. The average Bonchev–Trinajstić information content (AvgIpc) is 3.13. The highest BCUT2D eigenvalue weighted by molar-refractivity contribution is 5.98. The molecule has 132 valence electrons. The summed E-state index contributed by atoms with van der Waals surface area (Å²) in [5, 5.41) is 2.78. The first kappa shape index (κ1) is 17.1. The highest BCUT2D eigenvalue weighted by Gasteiger charge is 2.35. The molecule has 0 radical (unpaired) electrons. The summed E-state index contributed by atoms with van der Waals surface area (Å²) >= 11 is 0. The van der Waals surface area contributed by atoms with E-state index < -0.39 is 11.7 Å². The van der Waals surface area contributed by atoms with Gasteiger partial charge in [0.15, 0.2) is 0 Å². The third kappa shape index (κ3) is 3.40. The van der Waals surface area contributed by atoms with Crippen molar-refractivity contribution in [2.24, 2.45) is 5.92 Å². The van der Waals surface area contributed by atoms with Crippen LogP contribution in [0.15, 0.2) is 30.6 Å². The maximum Gasteiger partial charge on any atom is 0.229 e. The molecule has 1 aliphatic heterocycles. The summed E-state index contributed by atoms with van der Waals surface area (Å²) in [5.74, 6) is -0.455. The number of likely N-dealkylation sites (tertiary alicyclic amines) is 1. The van der Waals surface area contributed by atoms with Crippen LogP contribution in [0.3, 0.4) is 0 Å². The fourth-order valence-corrected chi connectivity index (χ4v) is 3.09. The largest absolute Gasteiger partial charge is 0.339 e. The Morgan fingerprint density at radius 2 is 2.16 bits per heavy atom. The second-order valence-corrected chi connectivity index (χ2v) is 6.54. The molecule has 0 saturated carbocycles. The van der Waals surface area contributed by atoms with Crippen molar-refractivity contribution in [2.45, 2.75) is 33.2 Å². The van der Waals surface area contributed by atoms with Crippen molar-refractivity contribution in [3.63, 3.8) is 0 Å². The van der Waals surface area contributed by atoms with Gasteiger partial charge in [-0.15, -0.1) is 0 Å². The Labute approximate surface area is 145 Å². The van der Waals surface area contributed by atoms with Gasteiger partial charge in [0.25, 0.3) is 0 Å². The van der Waals surface area contributed by atoms with Crippen LogP contribution in [0, 0.1) is 18.7 Å². The molecule has 0 aliphatic carbocycles. The van der Waals surface area contributed by atoms with E-state index in [0.29, 0.717) is 17.9 Å². The van der Waals surface area contributed by atoms with E-state index in [1.54, 1.807) is 27.9 Å². The predicted molar refractivity (Wildman–Crippen MR) is 91.8 cm³/mol. The molecule has 0 unspecified atom stereocenters. The van der Waals surface area contributed by atoms with Gasteiger partial charge in [-0.3, -0.25) is 9.59 Å². The van der Waals surface area contributed by atoms with E-state index in [0.717, 1.165) is 5.82 Å². The van der Waals surface area contributed by atoms with E-state index in [9.17, 15) is 14.0 Å². The van der Waals surface area contributed by atoms with Crippen molar-refractivity contribution >= 4 is 17.5 Å². The summed E-state index contributed by atoms with van der Waals surface area (Å²) in [5.41, 5.74) is 0.997. The van der Waals surface area contributed by atoms with Crippen LogP contribution in [0.4, 0.5) is 10.1 Å². The first-order valence-electron chi connectivity index (χ1n) is 8.27. The fourth-order valence-electron chi connectivity index (χ4n) is 3.09. The summed E-state index contributed by atoms with van der Waals surface area (Å²) in [6.07, 6.45) is 3.57. The molecule has 2 amide bonds. The Balaban J connectivity index is 1.84. The summed E-state index contributed by atoms with van der Waals surface area (Å²) in [6, 6.07) is 4.27. The lowest BCUT2D eigenvalue weighted by Gasteiger charge is -2.21. The van der Waals surface area contributed by atoms with Crippen molar-refractivity contribution in [2.75, 3.05) is 11.9 Å². The molecule has 25 heavy (non-hydrogen) atoms. The summed E-state index contributed by atoms with van der Waals surface area (Å²) in [6.45, 7) is 6.05. The number of anilines is 1. The number of rotatable bonds is 4. The Hall–Kier alpha value is -2.70. The Morgan fingerprint density at radius 3 is 2.76 bits per heavy atom. The third-order valence-electron chi connectivity index (χ3n) is 4.45. The SMILES string of the molecule is Cc1nccn1-c1ccc(F)cc1NC(=O)[C@H]1CC(=O)N(C(C)C)C1. The van der Waals surface area contributed by atoms with Gasteiger partial charge in [0, 0.05) is 31.4 Å². The molecular formula is C18H21FN4O2. The van der Waals surface area contributed by atoms with Gasteiger partial charge in [-0.05, 0) is 39.0 Å². The summed E-state index contributed by atoms with van der Waals surface area (Å²) in [4.78, 5) is 30.5. The molecule has 1 aromatic carbocycles. The number of aromatic nitrogens is 2. The van der Waals surface area contributed by atoms with Crippen LogP contribution < -0.4 is 5.32 Å². The van der Waals surface area contributed by atoms with E-state index in [1.807, 2.05) is 20.8 Å². The van der Waals surface area contributed by atoms with Crippen LogP contribution in [-0.2, 0) is 9.59 Å². The van der Waals surface area contributed by atoms with Crippen LogP contribution in [0.25, 0.3) is 5.69 Å². The van der Waals surface area contributed by atoms with E-state index in [2.05, 4.69) is 10.3 Å². The molecular weight excluding hydrogens is 323 g/mol. The Morgan fingerprint density at radius 1 is 1.40 bits per heavy atom. The number of carbonyl (C=O) groups is 2. The average molecular weight is 344 g/mol. The van der Waals surface area contributed by atoms with Crippen molar-refractivity contribution in [1.29, 1.82) is 0 Å². The van der Waals surface area contributed by atoms with Crippen molar-refractivity contribution in [3.8, 4) is 5.69 Å². The summed E-state index contributed by atoms with van der Waals surface area (Å²) < 4.78 is 15.5. The third-order valence-corrected chi connectivity index (χ3v) is 4.45. The van der Waals surface area contributed by atoms with Crippen LogP contribution in [0.1, 0.15) is 26.1 Å². The minimum absolute atomic E-state index is 0.0277. The van der Waals surface area contributed by atoms with E-state index in [-0.39, 0.29) is 24.3 Å². The number of amides is 2. The number of aryl methyl sites for hydroxylation is 1. The zero-order valence-corrected chi connectivity index (χ0v) is 14.5. The van der Waals surface area contributed by atoms with E-state index in [4.69, 9.17) is 0 Å². The smallest absolute Gasteiger partial charge is 0.229 e. The number of benzene rings is 1. The Kier molecular flexibility index (Phi) is 4.57. The predicted octanol–water partition coefficient (Wildman–Crippen LogP) is 2.52. The van der Waals surface area contributed by atoms with Gasteiger partial charge in [-0.25, -0.2) is 9.37 Å². The fraction of sp³-hybridized carbons (Fsp3) is 0.389. The molecule has 1 aromatic heterocycles. The summed E-state index contributed by atoms with van der Waals surface area (Å²) in [7, 11) is 0. The minimum Gasteiger partial charge on any atom is -0.339 e. The highest BCUT2D eigenvalue weighted by Crippen LogP contribution is 2.26. The molecule has 2 aromatic rings. The van der Waals surface area contributed by atoms with Crippen LogP contribution in [0.5, 0.6) is 0 Å². The van der Waals surface area contributed by atoms with Crippen molar-refractivity contribution < 1.29 is 14.0 Å². The first-order valence-corrected chi connectivity index (χ1v) is 8.27. The zero-order valence-electron chi connectivity index (χ0n) is 14.5. The highest BCUT2D eigenvalue weighted by atomic mass is 19.1. The first-order chi connectivity index (χ1) is 11.9. The second-order valence-electron chi connectivity index (χ2n) is 6.54. The lowest BCUT2D eigenvalue weighted by atomic mass is 10.1. The molecule has 1 saturated heterocycles. The Bertz CT molecular complexity index is 815. The molecule has 1 fully saturated rings. The number of hydrogen-bond acceptors (Lipinski definition) is 3. The van der Waals surface area contributed by atoms with Gasteiger partial charge in [0.05, 0.1) is 17.3 Å². The number of halogens is 1. The molecule has 2 heterocycles. The quantitative estimate of drug-likeness (QED) is 0.927. The van der Waals surface area contributed by atoms with Crippen LogP contribution in [0.2, 0.25) is 0 Å². The van der Waals surface area contributed by atoms with Gasteiger partial charge in [0.2, 0.25) is 11.8 Å². The number of carbonyl (C=O) groups excluding carboxylic acids is 2. The van der Waals surface area contributed by atoms with Gasteiger partial charge >= 0.3 is 0 Å². The number of hydrogen-bond donors (Lipinski definition) is 1. The lowest BCUT2D eigenvalue weighted by molar-refractivity contribution is -0.129. The molecule has 1 atom stereocenters. The normalized spacial score (nSPS) is 17.4. The number of imidazole rings is 1. The van der Waals surface area contributed by atoms with Crippen LogP contribution in [-0.4, -0.2) is 38.9 Å². The standard InChI is InChI=1S/C18H21FN4O2/c1-11(2)23-10-13(8-17(23)24)18(25)21-15-9-14(19)4-5-16(15)22-7-6-20-12(22)3/h4-7,9,11,13H,8,10H2,1-3H3,(H,21,25)/t13-/m0/s1. The number of nitrogens with one attached hydrogen (secondary N) is 1. The molecule has 0 spiro atoms. The minimum atomic E-state index is -0.442. The monoisotopic (exact) mass is 344 g/mol. The molecule has 7 heteroatoms. The zero-order chi connectivity index (χ0) is 18.1.